The summed E-state index contributed by atoms with van der Waals surface area (Å²) in [6.07, 6.45) is 1.76. The summed E-state index contributed by atoms with van der Waals surface area (Å²) in [6.45, 7) is 4.72. The van der Waals surface area contributed by atoms with E-state index in [-0.39, 0.29) is 17.5 Å². The van der Waals surface area contributed by atoms with Crippen molar-refractivity contribution in [1.82, 2.24) is 19.7 Å². The molecule has 3 rings (SSSR count). The number of thioether (sulfide) groups is 1. The smallest absolute Gasteiger partial charge is 0.233 e. The summed E-state index contributed by atoms with van der Waals surface area (Å²) in [6, 6.07) is 13.7. The Labute approximate surface area is 179 Å². The van der Waals surface area contributed by atoms with Gasteiger partial charge in [-0.25, -0.2) is 4.39 Å². The third kappa shape index (κ3) is 5.07. The molecule has 0 fully saturated rings. The zero-order chi connectivity index (χ0) is 21.5. The molecule has 0 radical (unpaired) electrons. The number of halogens is 1. The van der Waals surface area contributed by atoms with E-state index in [1.807, 2.05) is 28.8 Å². The number of aromatic nitrogens is 3. The van der Waals surface area contributed by atoms with Crippen LogP contribution in [0, 0.1) is 5.82 Å². The van der Waals surface area contributed by atoms with Crippen LogP contribution in [0.1, 0.15) is 5.56 Å². The van der Waals surface area contributed by atoms with Crippen LogP contribution >= 0.6 is 11.8 Å². The van der Waals surface area contributed by atoms with Crippen molar-refractivity contribution in [2.45, 2.75) is 18.2 Å². The topological polar surface area (TPSA) is 60.2 Å². The number of ether oxygens (including phenoxy) is 1. The normalized spacial score (nSPS) is 10.6. The van der Waals surface area contributed by atoms with E-state index in [1.165, 1.54) is 23.9 Å². The number of rotatable bonds is 9. The Kier molecular flexibility index (Phi) is 7.24. The van der Waals surface area contributed by atoms with Gasteiger partial charge in [0.05, 0.1) is 18.4 Å². The van der Waals surface area contributed by atoms with Gasteiger partial charge in [0, 0.05) is 20.1 Å². The Morgan fingerprint density at radius 1 is 1.23 bits per heavy atom. The van der Waals surface area contributed by atoms with Gasteiger partial charge in [0.15, 0.2) is 11.0 Å². The second-order valence-corrected chi connectivity index (χ2v) is 7.51. The van der Waals surface area contributed by atoms with Gasteiger partial charge in [-0.1, -0.05) is 42.1 Å². The molecular weight excluding hydrogens is 403 g/mol. The van der Waals surface area contributed by atoms with E-state index in [2.05, 4.69) is 16.8 Å². The van der Waals surface area contributed by atoms with Crippen molar-refractivity contribution in [1.29, 1.82) is 0 Å². The second kappa shape index (κ2) is 10.1. The van der Waals surface area contributed by atoms with Crippen molar-refractivity contribution in [3.05, 3.63) is 72.6 Å². The number of hydrogen-bond donors (Lipinski definition) is 0. The Bertz CT molecular complexity index is 1020. The molecule has 0 aliphatic heterocycles. The predicted octanol–water partition coefficient (Wildman–Crippen LogP) is 4.03. The SMILES string of the molecule is C=CCn1c(SCC(=O)N(C)Cc2ccc(F)cc2)nnc1-c1ccccc1OC. The quantitative estimate of drug-likeness (QED) is 0.382. The Morgan fingerprint density at radius 2 is 1.97 bits per heavy atom. The summed E-state index contributed by atoms with van der Waals surface area (Å²) in [4.78, 5) is 14.2. The van der Waals surface area contributed by atoms with E-state index in [0.717, 1.165) is 11.1 Å². The van der Waals surface area contributed by atoms with Crippen molar-refractivity contribution in [3.8, 4) is 17.1 Å². The van der Waals surface area contributed by atoms with Crippen LogP contribution in [0.3, 0.4) is 0 Å². The van der Waals surface area contributed by atoms with Crippen molar-refractivity contribution < 1.29 is 13.9 Å². The van der Waals surface area contributed by atoms with Crippen molar-refractivity contribution in [3.63, 3.8) is 0 Å². The number of carbonyl (C=O) groups excluding carboxylic acids is 1. The minimum Gasteiger partial charge on any atom is -0.496 e. The molecule has 0 saturated heterocycles. The molecule has 30 heavy (non-hydrogen) atoms. The van der Waals surface area contributed by atoms with Crippen LogP contribution in [0.2, 0.25) is 0 Å². The van der Waals surface area contributed by atoms with Gasteiger partial charge in [0.25, 0.3) is 0 Å². The summed E-state index contributed by atoms with van der Waals surface area (Å²) < 4.78 is 20.4. The summed E-state index contributed by atoms with van der Waals surface area (Å²) in [7, 11) is 3.33. The lowest BCUT2D eigenvalue weighted by molar-refractivity contribution is -0.127. The molecule has 0 unspecified atom stereocenters. The Hall–Kier alpha value is -3.13. The average molecular weight is 427 g/mol. The molecule has 0 bridgehead atoms. The second-order valence-electron chi connectivity index (χ2n) is 6.57. The van der Waals surface area contributed by atoms with Crippen LogP contribution < -0.4 is 4.74 Å². The van der Waals surface area contributed by atoms with Crippen molar-refractivity contribution >= 4 is 17.7 Å². The molecule has 6 nitrogen and oxygen atoms in total. The number of carbonyl (C=O) groups is 1. The molecular formula is C22H23FN4O2S. The van der Waals surface area contributed by atoms with Crippen molar-refractivity contribution in [2.24, 2.45) is 0 Å². The zero-order valence-corrected chi connectivity index (χ0v) is 17.7. The summed E-state index contributed by atoms with van der Waals surface area (Å²) in [5, 5.41) is 9.21. The molecule has 1 aromatic heterocycles. The van der Waals surface area contributed by atoms with Gasteiger partial charge in [-0.3, -0.25) is 9.36 Å². The van der Waals surface area contributed by atoms with Crippen molar-refractivity contribution in [2.75, 3.05) is 19.9 Å². The van der Waals surface area contributed by atoms with E-state index >= 15 is 0 Å². The van der Waals surface area contributed by atoms with Gasteiger partial charge in [-0.2, -0.15) is 0 Å². The maximum atomic E-state index is 13.1. The first-order chi connectivity index (χ1) is 14.5. The highest BCUT2D eigenvalue weighted by Gasteiger charge is 2.18. The molecule has 0 aliphatic rings. The maximum absolute atomic E-state index is 13.1. The van der Waals surface area contributed by atoms with Crippen LogP contribution in [0.15, 0.2) is 66.3 Å². The molecule has 2 aromatic carbocycles. The third-order valence-electron chi connectivity index (χ3n) is 4.46. The van der Waals surface area contributed by atoms with E-state index in [4.69, 9.17) is 4.74 Å². The fourth-order valence-corrected chi connectivity index (χ4v) is 3.79. The average Bonchev–Trinajstić information content (AvgIpc) is 3.16. The number of benzene rings is 2. The number of hydrogen-bond acceptors (Lipinski definition) is 5. The lowest BCUT2D eigenvalue weighted by Crippen LogP contribution is -2.27. The Morgan fingerprint density at radius 3 is 2.67 bits per heavy atom. The highest BCUT2D eigenvalue weighted by Crippen LogP contribution is 2.31. The van der Waals surface area contributed by atoms with E-state index in [9.17, 15) is 9.18 Å². The molecule has 3 aromatic rings. The van der Waals surface area contributed by atoms with Gasteiger partial charge in [-0.15, -0.1) is 16.8 Å². The van der Waals surface area contributed by atoms with Gasteiger partial charge < -0.3 is 9.64 Å². The van der Waals surface area contributed by atoms with Crippen LogP contribution in [-0.4, -0.2) is 45.5 Å². The standard InChI is InChI=1S/C22H23FN4O2S/c1-4-13-27-21(18-7-5-6-8-19(18)29-3)24-25-22(27)30-15-20(28)26(2)14-16-9-11-17(23)12-10-16/h4-12H,1,13-15H2,2-3H3. The van der Waals surface area contributed by atoms with Gasteiger partial charge >= 0.3 is 0 Å². The fourth-order valence-electron chi connectivity index (χ4n) is 2.91. The number of methoxy groups -OCH3 is 1. The molecule has 0 aliphatic carbocycles. The third-order valence-corrected chi connectivity index (χ3v) is 5.41. The minimum atomic E-state index is -0.296. The summed E-state index contributed by atoms with van der Waals surface area (Å²) in [5.41, 5.74) is 1.69. The highest BCUT2D eigenvalue weighted by atomic mass is 32.2. The molecule has 1 heterocycles. The van der Waals surface area contributed by atoms with Crippen LogP contribution in [0.5, 0.6) is 5.75 Å². The van der Waals surface area contributed by atoms with Gasteiger partial charge in [0.1, 0.15) is 11.6 Å². The molecule has 0 saturated carbocycles. The van der Waals surface area contributed by atoms with Crippen LogP contribution in [-0.2, 0) is 17.9 Å². The lowest BCUT2D eigenvalue weighted by atomic mass is 10.2. The fraction of sp³-hybridized carbons (Fsp3) is 0.227. The monoisotopic (exact) mass is 426 g/mol. The van der Waals surface area contributed by atoms with E-state index in [1.54, 1.807) is 37.3 Å². The largest absolute Gasteiger partial charge is 0.496 e. The highest BCUT2D eigenvalue weighted by molar-refractivity contribution is 7.99. The molecule has 1 amide bonds. The minimum absolute atomic E-state index is 0.0590. The number of para-hydroxylation sites is 1. The lowest BCUT2D eigenvalue weighted by Gasteiger charge is -2.17. The first-order valence-corrected chi connectivity index (χ1v) is 10.3. The summed E-state index contributed by atoms with van der Waals surface area (Å²) in [5.74, 6) is 1.20. The first kappa shape index (κ1) is 21.6. The van der Waals surface area contributed by atoms with E-state index in [0.29, 0.717) is 29.8 Å². The first-order valence-electron chi connectivity index (χ1n) is 9.32. The zero-order valence-electron chi connectivity index (χ0n) is 16.9. The predicted molar refractivity (Wildman–Crippen MR) is 116 cm³/mol. The van der Waals surface area contributed by atoms with E-state index < -0.39 is 0 Å². The van der Waals surface area contributed by atoms with Crippen LogP contribution in [0.25, 0.3) is 11.4 Å². The van der Waals surface area contributed by atoms with Gasteiger partial charge in [0.2, 0.25) is 5.91 Å². The molecule has 0 spiro atoms. The molecule has 0 atom stereocenters. The Balaban J connectivity index is 1.71. The number of nitrogens with zero attached hydrogens (tertiary/aromatic N) is 4. The molecule has 0 N–H and O–H groups in total. The number of amides is 1. The van der Waals surface area contributed by atoms with Gasteiger partial charge in [-0.05, 0) is 29.8 Å². The number of allylic oxidation sites excluding steroid dienone is 1. The van der Waals surface area contributed by atoms with Crippen LogP contribution in [0.4, 0.5) is 4.39 Å². The maximum Gasteiger partial charge on any atom is 0.233 e. The summed E-state index contributed by atoms with van der Waals surface area (Å²) >= 11 is 1.31. The molecule has 156 valence electrons. The molecule has 8 heteroatoms.